The molecule has 2 heterocycles. The monoisotopic (exact) mass is 340 g/mol. The second-order valence-electron chi connectivity index (χ2n) is 5.42. The average Bonchev–Trinajstić information content (AvgIpc) is 2.99. The summed E-state index contributed by atoms with van der Waals surface area (Å²) in [6, 6.07) is 8.84. The van der Waals surface area contributed by atoms with Crippen LogP contribution in [0.15, 0.2) is 41.1 Å². The zero-order valence-corrected chi connectivity index (χ0v) is 13.6. The van der Waals surface area contributed by atoms with Gasteiger partial charge < -0.3 is 4.52 Å². The summed E-state index contributed by atoms with van der Waals surface area (Å²) in [7, 11) is -3.45. The number of hydrogen-bond donors (Lipinski definition) is 0. The predicted octanol–water partition coefficient (Wildman–Crippen LogP) is 3.39. The maximum Gasteiger partial charge on any atom is 0.220 e. The van der Waals surface area contributed by atoms with Gasteiger partial charge in [-0.15, -0.1) is 0 Å². The van der Waals surface area contributed by atoms with Gasteiger partial charge in [-0.1, -0.05) is 35.3 Å². The molecule has 118 valence electrons. The summed E-state index contributed by atoms with van der Waals surface area (Å²) in [5.74, 6) is -0.138. The Labute approximate surface area is 134 Å². The van der Waals surface area contributed by atoms with Crippen LogP contribution in [0.25, 0.3) is 0 Å². The second kappa shape index (κ2) is 6.40. The van der Waals surface area contributed by atoms with E-state index in [9.17, 15) is 8.42 Å². The molecule has 1 aromatic heterocycles. The van der Waals surface area contributed by atoms with Crippen LogP contribution in [0.5, 0.6) is 0 Å². The number of nitrogens with zero attached hydrogens (tertiary/aromatic N) is 2. The van der Waals surface area contributed by atoms with Gasteiger partial charge in [-0.3, -0.25) is 0 Å². The summed E-state index contributed by atoms with van der Waals surface area (Å²) in [4.78, 5) is 0. The lowest BCUT2D eigenvalue weighted by molar-refractivity contribution is 0.255. The maximum atomic E-state index is 12.7. The molecule has 1 aliphatic heterocycles. The van der Waals surface area contributed by atoms with E-state index >= 15 is 0 Å². The van der Waals surface area contributed by atoms with E-state index in [1.165, 1.54) is 6.26 Å². The molecule has 1 fully saturated rings. The Kier molecular flexibility index (Phi) is 4.52. The highest BCUT2D eigenvalue weighted by Gasteiger charge is 2.33. The highest BCUT2D eigenvalue weighted by atomic mass is 35.5. The minimum Gasteiger partial charge on any atom is -0.364 e. The lowest BCUT2D eigenvalue weighted by Gasteiger charge is -2.35. The van der Waals surface area contributed by atoms with Gasteiger partial charge in [0.1, 0.15) is 12.0 Å². The van der Waals surface area contributed by atoms with Crippen molar-refractivity contribution in [1.29, 1.82) is 0 Å². The van der Waals surface area contributed by atoms with Crippen molar-refractivity contribution in [3.05, 3.63) is 52.9 Å². The smallest absolute Gasteiger partial charge is 0.220 e. The molecular weight excluding hydrogens is 324 g/mol. The summed E-state index contributed by atoms with van der Waals surface area (Å²) < 4.78 is 31.8. The second-order valence-corrected chi connectivity index (χ2v) is 7.78. The SMILES string of the molecule is O=S(=O)(Cc1ccon1)N1CCCC[C@@H]1c1cccc(Cl)c1. The molecular formula is C15H17ClN2O3S. The third kappa shape index (κ3) is 3.34. The first-order valence-electron chi connectivity index (χ1n) is 7.20. The molecule has 1 atom stereocenters. The Morgan fingerprint density at radius 2 is 2.18 bits per heavy atom. The molecule has 3 rings (SSSR count). The lowest BCUT2D eigenvalue weighted by atomic mass is 9.98. The van der Waals surface area contributed by atoms with Gasteiger partial charge >= 0.3 is 0 Å². The standard InChI is InChI=1S/C15H17ClN2O3S/c16-13-5-3-4-12(10-13)15-6-1-2-8-18(15)22(19,20)11-14-7-9-21-17-14/h3-5,7,9-10,15H,1-2,6,8,11H2/t15-/m1/s1. The van der Waals surface area contributed by atoms with Crippen molar-refractivity contribution in [2.75, 3.05) is 6.54 Å². The van der Waals surface area contributed by atoms with Crippen LogP contribution in [0.3, 0.4) is 0 Å². The minimum atomic E-state index is -3.45. The number of halogens is 1. The zero-order chi connectivity index (χ0) is 15.6. The summed E-state index contributed by atoms with van der Waals surface area (Å²) in [6.45, 7) is 0.525. The molecule has 0 bridgehead atoms. The quantitative estimate of drug-likeness (QED) is 0.855. The van der Waals surface area contributed by atoms with E-state index < -0.39 is 10.0 Å². The average molecular weight is 341 g/mol. The number of benzene rings is 1. The summed E-state index contributed by atoms with van der Waals surface area (Å²) in [5, 5.41) is 4.33. The molecule has 1 saturated heterocycles. The van der Waals surface area contributed by atoms with Crippen LogP contribution in [-0.2, 0) is 15.8 Å². The van der Waals surface area contributed by atoms with E-state index in [-0.39, 0.29) is 11.8 Å². The van der Waals surface area contributed by atoms with Crippen LogP contribution >= 0.6 is 11.6 Å². The van der Waals surface area contributed by atoms with Crippen molar-refractivity contribution in [3.8, 4) is 0 Å². The van der Waals surface area contributed by atoms with Gasteiger partial charge in [0.2, 0.25) is 10.0 Å². The van der Waals surface area contributed by atoms with Crippen molar-refractivity contribution in [2.24, 2.45) is 0 Å². The fourth-order valence-electron chi connectivity index (χ4n) is 2.87. The molecule has 0 N–H and O–H groups in total. The van der Waals surface area contributed by atoms with Crippen molar-refractivity contribution in [3.63, 3.8) is 0 Å². The molecule has 2 aromatic rings. The lowest BCUT2D eigenvalue weighted by Crippen LogP contribution is -2.39. The normalized spacial score (nSPS) is 20.1. The summed E-state index contributed by atoms with van der Waals surface area (Å²) in [6.07, 6.45) is 4.07. The Bertz CT molecular complexity index is 731. The molecule has 1 aromatic carbocycles. The van der Waals surface area contributed by atoms with Crippen LogP contribution < -0.4 is 0 Å². The number of aromatic nitrogens is 1. The highest BCUT2D eigenvalue weighted by molar-refractivity contribution is 7.88. The van der Waals surface area contributed by atoms with E-state index in [1.54, 1.807) is 16.4 Å². The number of sulfonamides is 1. The van der Waals surface area contributed by atoms with Gasteiger partial charge in [0.15, 0.2) is 0 Å². The van der Waals surface area contributed by atoms with Gasteiger partial charge in [-0.05, 0) is 30.5 Å². The van der Waals surface area contributed by atoms with Crippen molar-refractivity contribution in [2.45, 2.75) is 31.1 Å². The maximum absolute atomic E-state index is 12.7. The molecule has 0 amide bonds. The van der Waals surface area contributed by atoms with Gasteiger partial charge in [-0.2, -0.15) is 4.31 Å². The van der Waals surface area contributed by atoms with Gasteiger partial charge in [0.25, 0.3) is 0 Å². The van der Waals surface area contributed by atoms with Crippen molar-refractivity contribution < 1.29 is 12.9 Å². The number of rotatable bonds is 4. The van der Waals surface area contributed by atoms with Gasteiger partial charge in [-0.25, -0.2) is 8.42 Å². The molecule has 22 heavy (non-hydrogen) atoms. The fraction of sp³-hybridized carbons (Fsp3) is 0.400. The Morgan fingerprint density at radius 3 is 2.91 bits per heavy atom. The van der Waals surface area contributed by atoms with Gasteiger partial charge in [0, 0.05) is 23.7 Å². The van der Waals surface area contributed by atoms with Crippen LogP contribution in [0.4, 0.5) is 0 Å². The Hall–Kier alpha value is -1.37. The first-order chi connectivity index (χ1) is 10.6. The largest absolute Gasteiger partial charge is 0.364 e. The fourth-order valence-corrected chi connectivity index (χ4v) is 4.78. The van der Waals surface area contributed by atoms with Gasteiger partial charge in [0.05, 0.1) is 5.69 Å². The predicted molar refractivity (Wildman–Crippen MR) is 83.9 cm³/mol. The third-order valence-electron chi connectivity index (χ3n) is 3.87. The Balaban J connectivity index is 1.89. The molecule has 0 radical (unpaired) electrons. The van der Waals surface area contributed by atoms with E-state index in [0.717, 1.165) is 24.8 Å². The van der Waals surface area contributed by atoms with Crippen LogP contribution in [0, 0.1) is 0 Å². The third-order valence-corrected chi connectivity index (χ3v) is 5.91. The van der Waals surface area contributed by atoms with Crippen LogP contribution in [-0.4, -0.2) is 24.4 Å². The zero-order valence-electron chi connectivity index (χ0n) is 12.0. The Morgan fingerprint density at radius 1 is 1.32 bits per heavy atom. The molecule has 0 aliphatic carbocycles. The molecule has 0 spiro atoms. The molecule has 5 nitrogen and oxygen atoms in total. The number of hydrogen-bond acceptors (Lipinski definition) is 4. The molecule has 1 aliphatic rings. The topological polar surface area (TPSA) is 63.4 Å². The summed E-state index contributed by atoms with van der Waals surface area (Å²) >= 11 is 6.05. The molecule has 0 unspecified atom stereocenters. The molecule has 7 heteroatoms. The molecule has 0 saturated carbocycles. The van der Waals surface area contributed by atoms with Crippen molar-refractivity contribution >= 4 is 21.6 Å². The van der Waals surface area contributed by atoms with E-state index in [0.29, 0.717) is 17.3 Å². The number of piperidine rings is 1. The van der Waals surface area contributed by atoms with Crippen LogP contribution in [0.2, 0.25) is 5.02 Å². The van der Waals surface area contributed by atoms with E-state index in [2.05, 4.69) is 5.16 Å². The minimum absolute atomic E-state index is 0.138. The van der Waals surface area contributed by atoms with Crippen LogP contribution in [0.1, 0.15) is 36.6 Å². The van der Waals surface area contributed by atoms with E-state index in [1.807, 2.05) is 18.2 Å². The first-order valence-corrected chi connectivity index (χ1v) is 9.19. The highest BCUT2D eigenvalue weighted by Crippen LogP contribution is 2.34. The summed E-state index contributed by atoms with van der Waals surface area (Å²) in [5.41, 5.74) is 1.37. The van der Waals surface area contributed by atoms with Crippen molar-refractivity contribution in [1.82, 2.24) is 9.46 Å². The van der Waals surface area contributed by atoms with E-state index in [4.69, 9.17) is 16.1 Å². The first kappa shape index (κ1) is 15.5.